The van der Waals surface area contributed by atoms with Crippen molar-refractivity contribution in [2.45, 2.75) is 58.2 Å². The van der Waals surface area contributed by atoms with Crippen LogP contribution in [0.15, 0.2) is 35.5 Å². The number of hydrogen-bond acceptors (Lipinski definition) is 8. The molecule has 15 heteroatoms. The van der Waals surface area contributed by atoms with E-state index < -0.39 is 51.7 Å². The Kier molecular flexibility index (Phi) is 8.61. The van der Waals surface area contributed by atoms with E-state index in [4.69, 9.17) is 10.5 Å². The number of carbonyl (C=O) groups is 1. The molecule has 0 radical (unpaired) electrons. The van der Waals surface area contributed by atoms with Gasteiger partial charge in [0.25, 0.3) is 11.5 Å². The number of primary amides is 1. The van der Waals surface area contributed by atoms with Crippen molar-refractivity contribution in [2.24, 2.45) is 5.73 Å². The van der Waals surface area contributed by atoms with Crippen molar-refractivity contribution < 1.29 is 31.5 Å². The fourth-order valence-electron chi connectivity index (χ4n) is 6.03. The highest BCUT2D eigenvalue weighted by Crippen LogP contribution is 2.38. The number of aromatic nitrogens is 3. The molecular weight excluding hydrogens is 601 g/mol. The van der Waals surface area contributed by atoms with E-state index in [2.05, 4.69) is 14.9 Å². The molecule has 10 nitrogen and oxygen atoms in total. The van der Waals surface area contributed by atoms with Crippen LogP contribution in [0, 0.1) is 11.6 Å². The minimum absolute atomic E-state index is 0.0638. The van der Waals surface area contributed by atoms with Gasteiger partial charge in [0.05, 0.1) is 34.6 Å². The summed E-state index contributed by atoms with van der Waals surface area (Å²) < 4.78 is 80.2. The zero-order valence-electron chi connectivity index (χ0n) is 25.4. The molecule has 2 N–H and O–H groups in total. The van der Waals surface area contributed by atoms with Crippen molar-refractivity contribution >= 4 is 17.5 Å². The van der Waals surface area contributed by atoms with Gasteiger partial charge < -0.3 is 20.3 Å². The van der Waals surface area contributed by atoms with Crippen molar-refractivity contribution in [3.8, 4) is 16.8 Å². The van der Waals surface area contributed by atoms with Crippen molar-refractivity contribution in [1.82, 2.24) is 19.4 Å². The fraction of sp³-hybridized carbons (Fsp3) is 0.467. The quantitative estimate of drug-likeness (QED) is 0.422. The van der Waals surface area contributed by atoms with Crippen molar-refractivity contribution in [3.63, 3.8) is 0 Å². The standard InChI is InChI=1S/C30H34F5N7O3/c1-15-10-40(11-16(2)39(15)5)23-7-22(31)25(19-8-37-29(38-9-19)41-12-17(3)45-18(4)13-41)26(32)27(23)42-14-20(28(36)44)21(6-24(42)43)30(33,34)35/h6-9,14-18H,10-13H2,1-5H3,(H2,36,44)/t15-,16+,17-,18-/m0/s1. The minimum atomic E-state index is -5.09. The second-order valence-electron chi connectivity index (χ2n) is 11.8. The van der Waals surface area contributed by atoms with Gasteiger partial charge in [-0.15, -0.1) is 0 Å². The highest BCUT2D eigenvalue weighted by molar-refractivity contribution is 5.94. The van der Waals surface area contributed by atoms with Gasteiger partial charge in [-0.3, -0.25) is 19.1 Å². The average Bonchev–Trinajstić information content (AvgIpc) is 2.95. The summed E-state index contributed by atoms with van der Waals surface area (Å²) in [6, 6.07) is 1.06. The summed E-state index contributed by atoms with van der Waals surface area (Å²) in [5, 5.41) is 0. The zero-order valence-corrected chi connectivity index (χ0v) is 25.4. The minimum Gasteiger partial charge on any atom is -0.372 e. The van der Waals surface area contributed by atoms with Gasteiger partial charge in [0.15, 0.2) is 5.82 Å². The van der Waals surface area contributed by atoms with E-state index in [1.807, 2.05) is 39.6 Å². The van der Waals surface area contributed by atoms with Gasteiger partial charge in [-0.2, -0.15) is 13.2 Å². The number of alkyl halides is 3. The Balaban J connectivity index is 1.70. The molecule has 0 saturated carbocycles. The van der Waals surface area contributed by atoms with E-state index in [1.54, 1.807) is 4.90 Å². The highest BCUT2D eigenvalue weighted by Gasteiger charge is 2.37. The molecule has 1 aromatic carbocycles. The van der Waals surface area contributed by atoms with Gasteiger partial charge in [-0.25, -0.2) is 18.7 Å². The van der Waals surface area contributed by atoms with Crippen LogP contribution in [0.3, 0.4) is 0 Å². The Morgan fingerprint density at radius 3 is 2.07 bits per heavy atom. The Hall–Kier alpha value is -4.11. The molecule has 2 aromatic heterocycles. The molecule has 0 spiro atoms. The lowest BCUT2D eigenvalue weighted by Gasteiger charge is -2.44. The summed E-state index contributed by atoms with van der Waals surface area (Å²) in [6.45, 7) is 9.22. The second-order valence-corrected chi connectivity index (χ2v) is 11.8. The van der Waals surface area contributed by atoms with E-state index >= 15 is 8.78 Å². The van der Waals surface area contributed by atoms with Crippen LogP contribution in [0.25, 0.3) is 16.8 Å². The summed E-state index contributed by atoms with van der Waals surface area (Å²) in [7, 11) is 1.90. The van der Waals surface area contributed by atoms with Crippen LogP contribution < -0.4 is 21.1 Å². The first kappa shape index (κ1) is 32.3. The predicted octanol–water partition coefficient (Wildman–Crippen LogP) is 3.83. The normalized spacial score (nSPS) is 23.0. The van der Waals surface area contributed by atoms with Gasteiger partial charge >= 0.3 is 6.18 Å². The first-order chi connectivity index (χ1) is 21.1. The van der Waals surface area contributed by atoms with E-state index in [9.17, 15) is 22.8 Å². The first-order valence-corrected chi connectivity index (χ1v) is 14.4. The van der Waals surface area contributed by atoms with Crippen LogP contribution in [0.2, 0.25) is 0 Å². The number of hydrogen-bond donors (Lipinski definition) is 1. The third-order valence-corrected chi connectivity index (χ3v) is 8.37. The lowest BCUT2D eigenvalue weighted by molar-refractivity contribution is -0.138. The van der Waals surface area contributed by atoms with E-state index in [0.717, 1.165) is 6.07 Å². The number of benzene rings is 1. The van der Waals surface area contributed by atoms with Gasteiger partial charge in [0.1, 0.15) is 11.5 Å². The maximum absolute atomic E-state index is 16.7. The number of ether oxygens (including phenoxy) is 1. The molecule has 5 rings (SSSR count). The molecule has 2 fully saturated rings. The number of morpholine rings is 1. The smallest absolute Gasteiger partial charge is 0.372 e. The Bertz CT molecular complexity index is 1640. The van der Waals surface area contributed by atoms with Gasteiger partial charge in [0.2, 0.25) is 5.95 Å². The number of nitrogens with zero attached hydrogens (tertiary/aromatic N) is 6. The van der Waals surface area contributed by atoms with Crippen LogP contribution >= 0.6 is 0 Å². The van der Waals surface area contributed by atoms with Crippen LogP contribution in [0.4, 0.5) is 33.6 Å². The zero-order chi connectivity index (χ0) is 33.0. The monoisotopic (exact) mass is 635 g/mol. The SMILES string of the molecule is C[C@@H]1CN(c2cc(F)c(-c3cnc(N4C[C@H](C)O[C@@H](C)C4)nc3)c(F)c2-n2cc(C(N)=O)c(C(F)(F)F)cc2=O)C[C@H](C)N1C. The molecule has 0 aliphatic carbocycles. The van der Waals surface area contributed by atoms with Gasteiger partial charge in [-0.05, 0) is 34.7 Å². The van der Waals surface area contributed by atoms with E-state index in [0.29, 0.717) is 42.9 Å². The lowest BCUT2D eigenvalue weighted by atomic mass is 10.0. The van der Waals surface area contributed by atoms with E-state index in [-0.39, 0.29) is 41.6 Å². The summed E-state index contributed by atoms with van der Waals surface area (Å²) in [6.07, 6.45) is -2.23. The summed E-state index contributed by atoms with van der Waals surface area (Å²) >= 11 is 0. The second kappa shape index (κ2) is 12.0. The van der Waals surface area contributed by atoms with Crippen molar-refractivity contribution in [2.75, 3.05) is 43.0 Å². The topological polar surface area (TPSA) is 110 Å². The number of pyridine rings is 1. The predicted molar refractivity (Wildman–Crippen MR) is 158 cm³/mol. The third-order valence-electron chi connectivity index (χ3n) is 8.37. The molecule has 4 heterocycles. The fourth-order valence-corrected chi connectivity index (χ4v) is 6.03. The molecule has 4 atom stereocenters. The number of halogens is 5. The highest BCUT2D eigenvalue weighted by atomic mass is 19.4. The number of piperazine rings is 1. The molecule has 45 heavy (non-hydrogen) atoms. The number of likely N-dealkylation sites (N-methyl/N-ethyl adjacent to an activating group) is 1. The van der Waals surface area contributed by atoms with Crippen molar-refractivity contribution in [3.05, 3.63) is 63.8 Å². The van der Waals surface area contributed by atoms with Crippen LogP contribution in [-0.4, -0.2) is 82.9 Å². The van der Waals surface area contributed by atoms with Crippen LogP contribution in [-0.2, 0) is 10.9 Å². The molecular formula is C30H34F5N7O3. The molecule has 2 aliphatic heterocycles. The van der Waals surface area contributed by atoms with Crippen molar-refractivity contribution in [1.29, 1.82) is 0 Å². The third kappa shape index (κ3) is 6.23. The summed E-state index contributed by atoms with van der Waals surface area (Å²) in [5.41, 5.74) is 0.113. The van der Waals surface area contributed by atoms with Crippen LogP contribution in [0.5, 0.6) is 0 Å². The Morgan fingerprint density at radius 1 is 0.956 bits per heavy atom. The molecule has 1 amide bonds. The molecule has 0 bridgehead atoms. The summed E-state index contributed by atoms with van der Waals surface area (Å²) in [5.74, 6) is -3.39. The number of anilines is 2. The molecule has 0 unspecified atom stereocenters. The number of amides is 1. The summed E-state index contributed by atoms with van der Waals surface area (Å²) in [4.78, 5) is 39.6. The maximum atomic E-state index is 16.7. The van der Waals surface area contributed by atoms with Gasteiger partial charge in [-0.1, -0.05) is 0 Å². The first-order valence-electron chi connectivity index (χ1n) is 14.4. The molecule has 242 valence electrons. The Labute approximate surface area is 256 Å². The van der Waals surface area contributed by atoms with E-state index in [1.165, 1.54) is 12.4 Å². The number of carbonyl (C=O) groups excluding carboxylic acids is 1. The molecule has 2 aliphatic rings. The van der Waals surface area contributed by atoms with Gasteiger partial charge in [0, 0.05) is 74.5 Å². The largest absolute Gasteiger partial charge is 0.417 e. The molecule has 3 aromatic rings. The number of rotatable bonds is 5. The average molecular weight is 636 g/mol. The lowest BCUT2D eigenvalue weighted by Crippen LogP contribution is -2.55. The van der Waals surface area contributed by atoms with Crippen LogP contribution in [0.1, 0.15) is 43.6 Å². The molecule has 2 saturated heterocycles. The Morgan fingerprint density at radius 2 is 1.53 bits per heavy atom. The number of nitrogens with two attached hydrogens (primary N) is 1. The maximum Gasteiger partial charge on any atom is 0.417 e.